The maximum Gasteiger partial charge on any atom is 0.337 e. The van der Waals surface area contributed by atoms with E-state index in [1.165, 1.54) is 0 Å². The number of ether oxygens (including phenoxy) is 6. The smallest absolute Gasteiger partial charge is 0.337 e. The molecule has 0 aromatic carbocycles. The fourth-order valence-electron chi connectivity index (χ4n) is 4.02. The normalized spacial score (nSPS) is 33.2. The van der Waals surface area contributed by atoms with Crippen LogP contribution in [0.25, 0.3) is 0 Å². The lowest BCUT2D eigenvalue weighted by Crippen LogP contribution is -2.45. The molecule has 3 aliphatic rings. The summed E-state index contributed by atoms with van der Waals surface area (Å²) in [5, 5.41) is 10.3. The second-order valence-electron chi connectivity index (χ2n) is 9.37. The van der Waals surface area contributed by atoms with Crippen molar-refractivity contribution >= 4 is 5.97 Å². The maximum atomic E-state index is 12.8. The highest BCUT2D eigenvalue weighted by atomic mass is 16.8. The van der Waals surface area contributed by atoms with Gasteiger partial charge >= 0.3 is 5.97 Å². The first-order valence-electron chi connectivity index (χ1n) is 11.4. The van der Waals surface area contributed by atoms with E-state index in [9.17, 15) is 9.90 Å². The minimum Gasteiger partial charge on any atom is -0.453 e. The van der Waals surface area contributed by atoms with Crippen molar-refractivity contribution in [1.82, 2.24) is 0 Å². The molecule has 0 radical (unpaired) electrons. The van der Waals surface area contributed by atoms with Crippen molar-refractivity contribution in [2.24, 2.45) is 0 Å². The molecule has 3 saturated heterocycles. The van der Waals surface area contributed by atoms with E-state index in [1.807, 2.05) is 0 Å². The third kappa shape index (κ3) is 6.10. The molecule has 0 aromatic heterocycles. The molecule has 8 heteroatoms. The summed E-state index contributed by atoms with van der Waals surface area (Å²) in [6, 6.07) is 0. The van der Waals surface area contributed by atoms with Gasteiger partial charge in [0.25, 0.3) is 0 Å². The number of carbonyl (C=O) groups is 1. The monoisotopic (exact) mass is 452 g/mol. The molecule has 0 aliphatic carbocycles. The molecule has 3 fully saturated rings. The van der Waals surface area contributed by atoms with Crippen LogP contribution >= 0.6 is 0 Å². The van der Waals surface area contributed by atoms with Gasteiger partial charge in [-0.2, -0.15) is 0 Å². The van der Waals surface area contributed by atoms with Crippen molar-refractivity contribution in [3.05, 3.63) is 12.2 Å². The predicted octanol–water partition coefficient (Wildman–Crippen LogP) is 2.82. The van der Waals surface area contributed by atoms with Gasteiger partial charge in [0.05, 0.1) is 12.2 Å². The molecule has 1 unspecified atom stereocenters. The number of aliphatic hydroxyl groups is 1. The summed E-state index contributed by atoms with van der Waals surface area (Å²) in [6.07, 6.45) is 0.444. The number of fused-ring (bicyclic) bond motifs is 1. The Hall–Kier alpha value is -1.47. The molecule has 0 bridgehead atoms. The number of hydrogen-bond acceptors (Lipinski definition) is 8. The van der Waals surface area contributed by atoms with Gasteiger partial charge in [0.2, 0.25) is 0 Å². The van der Waals surface area contributed by atoms with Gasteiger partial charge in [-0.3, -0.25) is 0 Å². The molecule has 0 spiro atoms. The first-order chi connectivity index (χ1) is 15.0. The van der Waals surface area contributed by atoms with Crippen LogP contribution in [0, 0.1) is 11.8 Å². The molecule has 0 aromatic rings. The Kier molecular flexibility index (Phi) is 8.02. The second-order valence-corrected chi connectivity index (χ2v) is 9.37. The highest BCUT2D eigenvalue weighted by Crippen LogP contribution is 2.42. The van der Waals surface area contributed by atoms with Gasteiger partial charge in [0.15, 0.2) is 30.1 Å². The van der Waals surface area contributed by atoms with Gasteiger partial charge < -0.3 is 33.5 Å². The Bertz CT molecular complexity index is 749. The average Bonchev–Trinajstić information content (AvgIpc) is 3.33. The van der Waals surface area contributed by atoms with E-state index >= 15 is 0 Å². The van der Waals surface area contributed by atoms with Crippen molar-refractivity contribution in [1.29, 1.82) is 0 Å². The van der Waals surface area contributed by atoms with Gasteiger partial charge in [-0.1, -0.05) is 38.7 Å². The zero-order valence-electron chi connectivity index (χ0n) is 19.7. The van der Waals surface area contributed by atoms with Crippen LogP contribution in [0.2, 0.25) is 0 Å². The van der Waals surface area contributed by atoms with E-state index in [0.29, 0.717) is 6.42 Å². The van der Waals surface area contributed by atoms with Crippen molar-refractivity contribution < 1.29 is 38.3 Å². The molecule has 180 valence electrons. The number of unbranched alkanes of at least 4 members (excludes halogenated alkanes) is 4. The molecular formula is C24H36O8. The standard InChI is InChI=1S/C24H36O8/c1-7-8-9-10-11-12-13-16(25)15(2)21(26)28-19-18(17-14-27-23(3,4)30-17)29-22-20(19)31-24(5,6)32-22/h16-20,22,25H,2,7-11,14H2,1,3-6H3/t16?,17-,18-,19+,20-,22-/m1/s1. The highest BCUT2D eigenvalue weighted by Gasteiger charge is 2.60. The van der Waals surface area contributed by atoms with Crippen LogP contribution in [0.4, 0.5) is 0 Å². The van der Waals surface area contributed by atoms with Crippen molar-refractivity contribution in [3.63, 3.8) is 0 Å². The second kappa shape index (κ2) is 10.2. The zero-order chi connectivity index (χ0) is 23.5. The van der Waals surface area contributed by atoms with Crippen molar-refractivity contribution in [2.45, 2.75) is 115 Å². The first-order valence-corrected chi connectivity index (χ1v) is 11.4. The van der Waals surface area contributed by atoms with Crippen LogP contribution in [-0.2, 0) is 33.2 Å². The van der Waals surface area contributed by atoms with E-state index < -0.39 is 54.4 Å². The largest absolute Gasteiger partial charge is 0.453 e. The zero-order valence-corrected chi connectivity index (χ0v) is 19.7. The predicted molar refractivity (Wildman–Crippen MR) is 115 cm³/mol. The topological polar surface area (TPSA) is 92.7 Å². The van der Waals surface area contributed by atoms with Crippen LogP contribution in [0.5, 0.6) is 0 Å². The first kappa shape index (κ1) is 25.2. The number of aliphatic hydroxyl groups excluding tert-OH is 1. The minimum absolute atomic E-state index is 0.129. The van der Waals surface area contributed by atoms with E-state index in [1.54, 1.807) is 27.7 Å². The summed E-state index contributed by atoms with van der Waals surface area (Å²) in [7, 11) is 0. The van der Waals surface area contributed by atoms with Gasteiger partial charge in [-0.15, -0.1) is 5.92 Å². The fourth-order valence-corrected chi connectivity index (χ4v) is 4.02. The van der Waals surface area contributed by atoms with E-state index in [0.717, 1.165) is 25.7 Å². The lowest BCUT2D eigenvalue weighted by Gasteiger charge is -2.29. The van der Waals surface area contributed by atoms with Crippen LogP contribution in [0.15, 0.2) is 12.2 Å². The van der Waals surface area contributed by atoms with E-state index in [-0.39, 0.29) is 12.2 Å². The Morgan fingerprint density at radius 1 is 1.12 bits per heavy atom. The van der Waals surface area contributed by atoms with Crippen molar-refractivity contribution in [2.75, 3.05) is 6.61 Å². The average molecular weight is 453 g/mol. The van der Waals surface area contributed by atoms with Crippen LogP contribution < -0.4 is 0 Å². The summed E-state index contributed by atoms with van der Waals surface area (Å²) in [4.78, 5) is 12.8. The molecule has 1 N–H and O–H groups in total. The molecule has 0 amide bonds. The molecule has 8 nitrogen and oxygen atoms in total. The molecule has 3 heterocycles. The quantitative estimate of drug-likeness (QED) is 0.260. The summed E-state index contributed by atoms with van der Waals surface area (Å²) in [5.41, 5.74) is -0.129. The Morgan fingerprint density at radius 2 is 1.88 bits per heavy atom. The van der Waals surface area contributed by atoms with Crippen LogP contribution in [-0.4, -0.2) is 66.1 Å². The minimum atomic E-state index is -1.30. The maximum absolute atomic E-state index is 12.8. The lowest BCUT2D eigenvalue weighted by molar-refractivity contribution is -0.235. The van der Waals surface area contributed by atoms with Gasteiger partial charge in [-0.25, -0.2) is 4.79 Å². The molecule has 3 rings (SSSR count). The summed E-state index contributed by atoms with van der Waals surface area (Å²) < 4.78 is 35.0. The molecular weight excluding hydrogens is 416 g/mol. The summed E-state index contributed by atoms with van der Waals surface area (Å²) >= 11 is 0. The molecule has 32 heavy (non-hydrogen) atoms. The number of carbonyl (C=O) groups excluding carboxylic acids is 1. The van der Waals surface area contributed by atoms with Crippen LogP contribution in [0.3, 0.4) is 0 Å². The molecule has 0 saturated carbocycles. The SMILES string of the molecule is C=C(C(=O)O[C@@H]1[C@H]2OC(C)(C)O[C@H]2O[C@@H]1[C@H]1COC(C)(C)O1)C(O)C#CCCCCCC. The summed E-state index contributed by atoms with van der Waals surface area (Å²) in [6.45, 7) is 13.2. The Balaban J connectivity index is 1.63. The van der Waals surface area contributed by atoms with E-state index in [4.69, 9.17) is 28.4 Å². The van der Waals surface area contributed by atoms with E-state index in [2.05, 4.69) is 25.3 Å². The van der Waals surface area contributed by atoms with Gasteiger partial charge in [-0.05, 0) is 34.1 Å². The highest BCUT2D eigenvalue weighted by molar-refractivity contribution is 5.89. The van der Waals surface area contributed by atoms with Gasteiger partial charge in [0, 0.05) is 6.42 Å². The lowest BCUT2D eigenvalue weighted by atomic mass is 10.1. The number of rotatable bonds is 8. The molecule has 3 aliphatic heterocycles. The number of esters is 1. The third-order valence-corrected chi connectivity index (χ3v) is 5.65. The molecule has 6 atom stereocenters. The Morgan fingerprint density at radius 3 is 2.53 bits per heavy atom. The summed E-state index contributed by atoms with van der Waals surface area (Å²) in [5.74, 6) is 3.18. The van der Waals surface area contributed by atoms with Gasteiger partial charge in [0.1, 0.15) is 18.3 Å². The number of hydrogen-bond donors (Lipinski definition) is 1. The Labute approximate surface area is 190 Å². The fraction of sp³-hybridized carbons (Fsp3) is 0.792. The van der Waals surface area contributed by atoms with Crippen molar-refractivity contribution in [3.8, 4) is 11.8 Å². The van der Waals surface area contributed by atoms with Crippen LogP contribution in [0.1, 0.15) is 66.7 Å². The third-order valence-electron chi connectivity index (χ3n) is 5.65.